The molecule has 0 aliphatic carbocycles. The van der Waals surface area contributed by atoms with Gasteiger partial charge in [0.1, 0.15) is 29.7 Å². The van der Waals surface area contributed by atoms with E-state index in [0.29, 0.717) is 44.6 Å². The van der Waals surface area contributed by atoms with E-state index in [9.17, 15) is 9.59 Å². The van der Waals surface area contributed by atoms with Crippen LogP contribution in [0, 0.1) is 0 Å². The van der Waals surface area contributed by atoms with Crippen molar-refractivity contribution >= 4 is 63.2 Å². The number of nitrogens with one attached hydrogen (secondary N) is 3. The molecule has 3 aromatic carbocycles. The van der Waals surface area contributed by atoms with E-state index in [0.717, 1.165) is 16.5 Å². The molecule has 0 saturated heterocycles. The molecule has 226 valence electrons. The Morgan fingerprint density at radius 2 is 1.66 bits per heavy atom. The third-order valence-corrected chi connectivity index (χ3v) is 7.24. The number of aromatic nitrogens is 3. The van der Waals surface area contributed by atoms with Gasteiger partial charge in [0.25, 0.3) is 5.91 Å². The summed E-state index contributed by atoms with van der Waals surface area (Å²) in [7, 11) is 1.44. The first-order valence-corrected chi connectivity index (χ1v) is 14.4. The number of methoxy groups -OCH3 is 1. The number of ether oxygens (including phenoxy) is 2. The number of fused-ring (bicyclic) bond motifs is 1. The fraction of sp³-hybridized carbons (Fsp3) is 0.188. The highest BCUT2D eigenvalue weighted by atomic mass is 35.5. The third kappa shape index (κ3) is 7.11. The van der Waals surface area contributed by atoms with E-state index in [1.54, 1.807) is 47.1 Å². The molecule has 2 heterocycles. The van der Waals surface area contributed by atoms with Crippen LogP contribution >= 0.6 is 23.2 Å². The number of benzene rings is 3. The normalized spacial score (nSPS) is 11.3. The minimum atomic E-state index is -0.462. The highest BCUT2D eigenvalue weighted by Gasteiger charge is 2.22. The zero-order valence-corrected chi connectivity index (χ0v) is 26.0. The summed E-state index contributed by atoms with van der Waals surface area (Å²) in [6, 6.07) is 20.9. The van der Waals surface area contributed by atoms with Crippen molar-refractivity contribution in [2.24, 2.45) is 0 Å². The lowest BCUT2D eigenvalue weighted by atomic mass is 9.92. The number of nitrogens with zero attached hydrogens (tertiary/aromatic N) is 3. The van der Waals surface area contributed by atoms with Crippen LogP contribution in [0.2, 0.25) is 10.0 Å². The van der Waals surface area contributed by atoms with E-state index in [4.69, 9.17) is 37.8 Å². The van der Waals surface area contributed by atoms with E-state index in [1.807, 2.05) is 51.1 Å². The molecule has 3 N–H and O–H groups in total. The molecule has 0 unspecified atom stereocenters. The van der Waals surface area contributed by atoms with Crippen LogP contribution in [0.1, 0.15) is 26.5 Å². The fourth-order valence-corrected chi connectivity index (χ4v) is 4.66. The number of carbonyl (C=O) groups excluding carboxylic acids is 2. The molecule has 0 atom stereocenters. The molecule has 0 aliphatic rings. The summed E-state index contributed by atoms with van der Waals surface area (Å²) in [6.07, 6.45) is 1.54. The number of pyridine rings is 1. The smallest absolute Gasteiger partial charge is 0.324 e. The zero-order valence-electron chi connectivity index (χ0n) is 24.4. The van der Waals surface area contributed by atoms with E-state index in [2.05, 4.69) is 20.9 Å². The number of hydrogen-bond acceptors (Lipinski definition) is 6. The van der Waals surface area contributed by atoms with E-state index in [-0.39, 0.29) is 17.9 Å². The average Bonchev–Trinajstić information content (AvgIpc) is 3.40. The highest BCUT2D eigenvalue weighted by molar-refractivity contribution is 6.42. The monoisotopic (exact) mass is 632 g/mol. The molecule has 5 aromatic rings. The van der Waals surface area contributed by atoms with Gasteiger partial charge in [-0.05, 0) is 36.4 Å². The molecule has 0 spiro atoms. The van der Waals surface area contributed by atoms with Crippen molar-refractivity contribution in [3.05, 3.63) is 94.7 Å². The van der Waals surface area contributed by atoms with Gasteiger partial charge in [0.05, 0.1) is 27.1 Å². The Kier molecular flexibility index (Phi) is 9.05. The molecule has 0 bridgehead atoms. The van der Waals surface area contributed by atoms with Crippen molar-refractivity contribution in [2.45, 2.75) is 26.2 Å². The van der Waals surface area contributed by atoms with Gasteiger partial charge in [0, 0.05) is 41.6 Å². The highest BCUT2D eigenvalue weighted by Crippen LogP contribution is 2.35. The predicted octanol–water partition coefficient (Wildman–Crippen LogP) is 8.05. The molecule has 12 heteroatoms. The SMILES string of the molecule is COCC(=O)Nc1cc(Oc2ccc(NC(=O)Nc3cc(C(C)(C)C)nn3-c3ccc(Cl)c(Cl)c3)c3ccccc23)ccn1. The van der Waals surface area contributed by atoms with Gasteiger partial charge < -0.3 is 20.1 Å². The van der Waals surface area contributed by atoms with Gasteiger partial charge in [-0.25, -0.2) is 14.5 Å². The van der Waals surface area contributed by atoms with Crippen LogP contribution < -0.4 is 20.7 Å². The molecule has 2 aromatic heterocycles. The number of amides is 3. The maximum absolute atomic E-state index is 13.3. The van der Waals surface area contributed by atoms with Crippen molar-refractivity contribution in [1.29, 1.82) is 0 Å². The standard InChI is InChI=1S/C32H30Cl2N6O4/c1-32(2,3)27-17-29(40(39-27)19-9-10-23(33)24(34)15-19)38-31(42)36-25-11-12-26(22-8-6-5-7-21(22)25)44-20-13-14-35-28(16-20)37-30(41)18-43-4/h5-17H,18H2,1-4H3,(H,35,37,41)(H2,36,38,42). The van der Waals surface area contributed by atoms with Gasteiger partial charge in [-0.15, -0.1) is 0 Å². The third-order valence-electron chi connectivity index (χ3n) is 6.50. The molecule has 5 rings (SSSR count). The van der Waals surface area contributed by atoms with Crippen molar-refractivity contribution in [3.8, 4) is 17.2 Å². The van der Waals surface area contributed by atoms with Gasteiger partial charge in [-0.2, -0.15) is 5.10 Å². The summed E-state index contributed by atoms with van der Waals surface area (Å²) in [6.45, 7) is 6.03. The summed E-state index contributed by atoms with van der Waals surface area (Å²) in [4.78, 5) is 29.4. The first kappa shape index (κ1) is 30.8. The Morgan fingerprint density at radius 1 is 0.886 bits per heavy atom. The Bertz CT molecular complexity index is 1850. The maximum Gasteiger partial charge on any atom is 0.324 e. The molecule has 0 fully saturated rings. The largest absolute Gasteiger partial charge is 0.457 e. The van der Waals surface area contributed by atoms with Gasteiger partial charge in [0.15, 0.2) is 0 Å². The van der Waals surface area contributed by atoms with Crippen molar-refractivity contribution in [2.75, 3.05) is 29.7 Å². The lowest BCUT2D eigenvalue weighted by Gasteiger charge is -2.15. The second kappa shape index (κ2) is 12.9. The summed E-state index contributed by atoms with van der Waals surface area (Å²) in [5, 5.41) is 15.6. The van der Waals surface area contributed by atoms with Crippen molar-refractivity contribution in [3.63, 3.8) is 0 Å². The molecule has 10 nitrogen and oxygen atoms in total. The van der Waals surface area contributed by atoms with Gasteiger partial charge in [-0.3, -0.25) is 10.1 Å². The van der Waals surface area contributed by atoms with Crippen molar-refractivity contribution < 1.29 is 19.1 Å². The van der Waals surface area contributed by atoms with E-state index < -0.39 is 6.03 Å². The fourth-order valence-electron chi connectivity index (χ4n) is 4.37. The minimum absolute atomic E-state index is 0.0883. The Labute approximate surface area is 264 Å². The zero-order chi connectivity index (χ0) is 31.4. The topological polar surface area (TPSA) is 119 Å². The maximum atomic E-state index is 13.3. The van der Waals surface area contributed by atoms with Crippen LogP contribution in [0.15, 0.2) is 79.0 Å². The Hall–Kier alpha value is -4.64. The van der Waals surface area contributed by atoms with E-state index >= 15 is 0 Å². The van der Waals surface area contributed by atoms with Gasteiger partial charge in [0.2, 0.25) is 0 Å². The van der Waals surface area contributed by atoms with Crippen LogP contribution in [0.3, 0.4) is 0 Å². The van der Waals surface area contributed by atoms with Crippen LogP contribution in [0.4, 0.5) is 22.1 Å². The molecule has 3 amide bonds. The number of urea groups is 1. The Balaban J connectivity index is 1.39. The number of hydrogen-bond donors (Lipinski definition) is 3. The summed E-state index contributed by atoms with van der Waals surface area (Å²) in [5.74, 6) is 1.49. The second-order valence-electron chi connectivity index (χ2n) is 10.9. The minimum Gasteiger partial charge on any atom is -0.457 e. The molecular weight excluding hydrogens is 603 g/mol. The number of rotatable bonds is 8. The average molecular weight is 634 g/mol. The number of carbonyl (C=O) groups is 2. The molecule has 0 aliphatic heterocycles. The predicted molar refractivity (Wildman–Crippen MR) is 174 cm³/mol. The first-order chi connectivity index (χ1) is 21.0. The summed E-state index contributed by atoms with van der Waals surface area (Å²) < 4.78 is 12.6. The number of halogens is 2. The summed E-state index contributed by atoms with van der Waals surface area (Å²) in [5.41, 5.74) is 1.73. The van der Waals surface area contributed by atoms with Crippen LogP contribution in [-0.4, -0.2) is 40.4 Å². The molecule has 0 radical (unpaired) electrons. The van der Waals surface area contributed by atoms with Gasteiger partial charge in [-0.1, -0.05) is 68.2 Å². The van der Waals surface area contributed by atoms with Crippen molar-refractivity contribution in [1.82, 2.24) is 14.8 Å². The quantitative estimate of drug-likeness (QED) is 0.159. The van der Waals surface area contributed by atoms with Crippen LogP contribution in [-0.2, 0) is 14.9 Å². The van der Waals surface area contributed by atoms with Gasteiger partial charge >= 0.3 is 6.03 Å². The lowest BCUT2D eigenvalue weighted by molar-refractivity contribution is -0.119. The number of anilines is 3. The van der Waals surface area contributed by atoms with E-state index in [1.165, 1.54) is 13.3 Å². The second-order valence-corrected chi connectivity index (χ2v) is 11.7. The first-order valence-electron chi connectivity index (χ1n) is 13.6. The lowest BCUT2D eigenvalue weighted by Crippen LogP contribution is -2.21. The molecular formula is C32H30Cl2N6O4. The Morgan fingerprint density at radius 3 is 2.39 bits per heavy atom. The molecule has 44 heavy (non-hydrogen) atoms. The molecule has 0 saturated carbocycles. The van der Waals surface area contributed by atoms with Crippen LogP contribution in [0.5, 0.6) is 11.5 Å². The van der Waals surface area contributed by atoms with Crippen LogP contribution in [0.25, 0.3) is 16.5 Å². The summed E-state index contributed by atoms with van der Waals surface area (Å²) >= 11 is 12.4.